The van der Waals surface area contributed by atoms with Crippen LogP contribution in [0, 0.1) is 6.92 Å². The Morgan fingerprint density at radius 2 is 1.84 bits per heavy atom. The van der Waals surface area contributed by atoms with Crippen LogP contribution in [0.15, 0.2) is 41.4 Å². The molecule has 0 unspecified atom stereocenters. The first-order valence-electron chi connectivity index (χ1n) is 8.78. The summed E-state index contributed by atoms with van der Waals surface area (Å²) in [5.74, 6) is 0.150. The quantitative estimate of drug-likeness (QED) is 0.557. The van der Waals surface area contributed by atoms with E-state index in [0.29, 0.717) is 28.8 Å². The van der Waals surface area contributed by atoms with Crippen LogP contribution in [0.2, 0.25) is 10.0 Å². The van der Waals surface area contributed by atoms with Gasteiger partial charge in [-0.2, -0.15) is 17.9 Å². The predicted molar refractivity (Wildman–Crippen MR) is 109 cm³/mol. The van der Waals surface area contributed by atoms with Crippen LogP contribution in [-0.4, -0.2) is 39.6 Å². The SMILES string of the molecule is Cc1nc([C@H](C)NC(=O)c2cc(Cl)cc(S(=O)(=O)C(F)(F)F)c2)n(-c2ccc(Cl)cn2)n1. The number of halogens is 5. The molecule has 0 radical (unpaired) electrons. The molecule has 0 aliphatic heterocycles. The summed E-state index contributed by atoms with van der Waals surface area (Å²) in [4.78, 5) is 19.9. The van der Waals surface area contributed by atoms with Crippen molar-refractivity contribution in [3.8, 4) is 5.82 Å². The molecule has 8 nitrogen and oxygen atoms in total. The molecular weight excluding hydrogens is 494 g/mol. The van der Waals surface area contributed by atoms with E-state index in [1.54, 1.807) is 26.0 Å². The Labute approximate surface area is 190 Å². The second-order valence-electron chi connectivity index (χ2n) is 6.58. The molecule has 0 bridgehead atoms. The fourth-order valence-electron chi connectivity index (χ4n) is 2.70. The first-order valence-corrected chi connectivity index (χ1v) is 11.0. The van der Waals surface area contributed by atoms with E-state index >= 15 is 0 Å². The molecule has 32 heavy (non-hydrogen) atoms. The van der Waals surface area contributed by atoms with Crippen LogP contribution >= 0.6 is 23.2 Å². The van der Waals surface area contributed by atoms with Gasteiger partial charge in [0, 0.05) is 16.8 Å². The van der Waals surface area contributed by atoms with E-state index in [0.717, 1.165) is 6.07 Å². The lowest BCUT2D eigenvalue weighted by molar-refractivity contribution is -0.0436. The van der Waals surface area contributed by atoms with Gasteiger partial charge in [-0.3, -0.25) is 4.79 Å². The second kappa shape index (κ2) is 8.68. The number of aryl methyl sites for hydroxylation is 1. The summed E-state index contributed by atoms with van der Waals surface area (Å²) >= 11 is 11.6. The zero-order valence-electron chi connectivity index (χ0n) is 16.4. The number of carbonyl (C=O) groups excluding carboxylic acids is 1. The van der Waals surface area contributed by atoms with Crippen LogP contribution in [0.1, 0.15) is 35.0 Å². The highest BCUT2D eigenvalue weighted by Gasteiger charge is 2.47. The molecule has 0 aliphatic rings. The maximum absolute atomic E-state index is 12.9. The molecule has 2 aromatic heterocycles. The van der Waals surface area contributed by atoms with Crippen molar-refractivity contribution in [3.05, 3.63) is 63.8 Å². The van der Waals surface area contributed by atoms with Crippen LogP contribution in [0.5, 0.6) is 0 Å². The lowest BCUT2D eigenvalue weighted by atomic mass is 10.2. The van der Waals surface area contributed by atoms with E-state index in [4.69, 9.17) is 23.2 Å². The molecule has 3 aromatic rings. The average Bonchev–Trinajstić information content (AvgIpc) is 3.09. The van der Waals surface area contributed by atoms with Crippen molar-refractivity contribution in [2.24, 2.45) is 0 Å². The highest BCUT2D eigenvalue weighted by molar-refractivity contribution is 7.92. The molecule has 170 valence electrons. The molecule has 1 atom stereocenters. The van der Waals surface area contributed by atoms with E-state index in [2.05, 4.69) is 20.4 Å². The summed E-state index contributed by atoms with van der Waals surface area (Å²) in [7, 11) is -5.69. The third-order valence-electron chi connectivity index (χ3n) is 4.15. The molecule has 0 fully saturated rings. The van der Waals surface area contributed by atoms with E-state index in [9.17, 15) is 26.4 Å². The van der Waals surface area contributed by atoms with Crippen molar-refractivity contribution in [1.29, 1.82) is 0 Å². The number of amides is 1. The van der Waals surface area contributed by atoms with Gasteiger partial charge >= 0.3 is 5.51 Å². The van der Waals surface area contributed by atoms with Crippen molar-refractivity contribution >= 4 is 38.9 Å². The Hall–Kier alpha value is -2.70. The van der Waals surface area contributed by atoms with Crippen LogP contribution in [0.3, 0.4) is 0 Å². The number of benzene rings is 1. The van der Waals surface area contributed by atoms with E-state index < -0.39 is 32.2 Å². The van der Waals surface area contributed by atoms with Crippen molar-refractivity contribution < 1.29 is 26.4 Å². The van der Waals surface area contributed by atoms with Gasteiger partial charge in [-0.25, -0.2) is 18.4 Å². The van der Waals surface area contributed by atoms with E-state index in [1.165, 1.54) is 10.9 Å². The number of hydrogen-bond acceptors (Lipinski definition) is 6. The van der Waals surface area contributed by atoms with Gasteiger partial charge in [-0.1, -0.05) is 23.2 Å². The van der Waals surface area contributed by atoms with Crippen molar-refractivity contribution in [3.63, 3.8) is 0 Å². The Balaban J connectivity index is 1.92. The minimum atomic E-state index is -5.69. The summed E-state index contributed by atoms with van der Waals surface area (Å²) < 4.78 is 63.4. The molecule has 0 aliphatic carbocycles. The van der Waals surface area contributed by atoms with Gasteiger partial charge in [-0.05, 0) is 44.2 Å². The Morgan fingerprint density at radius 3 is 2.44 bits per heavy atom. The highest BCUT2D eigenvalue weighted by Crippen LogP contribution is 2.32. The third kappa shape index (κ3) is 4.87. The van der Waals surface area contributed by atoms with Crippen LogP contribution in [-0.2, 0) is 9.84 Å². The lowest BCUT2D eigenvalue weighted by Crippen LogP contribution is -2.29. The number of carbonyl (C=O) groups is 1. The van der Waals surface area contributed by atoms with Gasteiger partial charge in [0.25, 0.3) is 15.7 Å². The number of aromatic nitrogens is 4. The normalized spacial score (nSPS) is 13.1. The first kappa shape index (κ1) is 24.0. The zero-order chi connectivity index (χ0) is 23.8. The van der Waals surface area contributed by atoms with Crippen LogP contribution in [0.25, 0.3) is 5.82 Å². The molecule has 2 heterocycles. The Morgan fingerprint density at radius 1 is 1.16 bits per heavy atom. The number of nitrogens with zero attached hydrogens (tertiary/aromatic N) is 4. The zero-order valence-corrected chi connectivity index (χ0v) is 18.7. The summed E-state index contributed by atoms with van der Waals surface area (Å²) in [6.45, 7) is 3.18. The molecule has 0 saturated heterocycles. The summed E-state index contributed by atoms with van der Waals surface area (Å²) in [6.07, 6.45) is 1.40. The molecule has 3 rings (SSSR count). The Bertz CT molecular complexity index is 1280. The van der Waals surface area contributed by atoms with Gasteiger partial charge in [-0.15, -0.1) is 5.10 Å². The molecular formula is C18H14Cl2F3N5O3S. The molecule has 0 saturated carbocycles. The van der Waals surface area contributed by atoms with Crippen molar-refractivity contribution in [2.75, 3.05) is 0 Å². The maximum atomic E-state index is 12.9. The summed E-state index contributed by atoms with van der Waals surface area (Å²) in [6, 6.07) is 4.66. The van der Waals surface area contributed by atoms with Crippen molar-refractivity contribution in [2.45, 2.75) is 30.3 Å². The molecule has 1 amide bonds. The van der Waals surface area contributed by atoms with Gasteiger partial charge in [0.1, 0.15) is 5.82 Å². The number of hydrogen-bond donors (Lipinski definition) is 1. The summed E-state index contributed by atoms with van der Waals surface area (Å²) in [5, 5.41) is 6.82. The number of nitrogens with one attached hydrogen (secondary N) is 1. The number of pyridine rings is 1. The monoisotopic (exact) mass is 507 g/mol. The fourth-order valence-corrected chi connectivity index (χ4v) is 3.94. The number of sulfone groups is 1. The first-order chi connectivity index (χ1) is 14.8. The summed E-state index contributed by atoms with van der Waals surface area (Å²) in [5.41, 5.74) is -5.92. The molecule has 0 spiro atoms. The average molecular weight is 508 g/mol. The van der Waals surface area contributed by atoms with Crippen molar-refractivity contribution in [1.82, 2.24) is 25.1 Å². The third-order valence-corrected chi connectivity index (χ3v) is 6.06. The van der Waals surface area contributed by atoms with Gasteiger partial charge in [0.05, 0.1) is 16.0 Å². The molecule has 14 heteroatoms. The lowest BCUT2D eigenvalue weighted by Gasteiger charge is -2.15. The highest BCUT2D eigenvalue weighted by atomic mass is 35.5. The minimum absolute atomic E-state index is 0.274. The number of rotatable bonds is 5. The van der Waals surface area contributed by atoms with Gasteiger partial charge in [0.2, 0.25) is 0 Å². The maximum Gasteiger partial charge on any atom is 0.501 e. The van der Waals surface area contributed by atoms with Crippen LogP contribution in [0.4, 0.5) is 13.2 Å². The molecule has 1 aromatic carbocycles. The van der Waals surface area contributed by atoms with Crippen LogP contribution < -0.4 is 5.32 Å². The van der Waals surface area contributed by atoms with E-state index in [-0.39, 0.29) is 16.4 Å². The number of alkyl halides is 3. The topological polar surface area (TPSA) is 107 Å². The predicted octanol–water partition coefficient (Wildman–Crippen LogP) is 4.06. The fraction of sp³-hybridized carbons (Fsp3) is 0.222. The largest absolute Gasteiger partial charge is 0.501 e. The Kier molecular flexibility index (Phi) is 6.50. The second-order valence-corrected chi connectivity index (χ2v) is 9.40. The minimum Gasteiger partial charge on any atom is -0.342 e. The van der Waals surface area contributed by atoms with E-state index in [1.807, 2.05) is 0 Å². The smallest absolute Gasteiger partial charge is 0.342 e. The van der Waals surface area contributed by atoms with Gasteiger partial charge < -0.3 is 5.32 Å². The molecule has 1 N–H and O–H groups in total. The van der Waals surface area contributed by atoms with Gasteiger partial charge in [0.15, 0.2) is 11.6 Å². The standard InChI is InChI=1S/C18H14Cl2F3N5O3S/c1-9(16-26-10(2)27-28(16)15-4-3-12(19)8-24-15)25-17(29)11-5-13(20)7-14(6-11)32(30,31)18(21,22)23/h3-9H,1-2H3,(H,25,29)/t9-/m0/s1.